The zero-order chi connectivity index (χ0) is 13.1. The Morgan fingerprint density at radius 3 is 3.17 bits per heavy atom. The van der Waals surface area contributed by atoms with Gasteiger partial charge in [-0.25, -0.2) is 9.37 Å². The summed E-state index contributed by atoms with van der Waals surface area (Å²) < 4.78 is 13.6. The molecule has 1 amide bonds. The quantitative estimate of drug-likeness (QED) is 0.809. The second-order valence-electron chi connectivity index (χ2n) is 4.63. The molecular weight excluding hydrogens is 235 g/mol. The van der Waals surface area contributed by atoms with Crippen LogP contribution >= 0.6 is 0 Å². The van der Waals surface area contributed by atoms with Crippen LogP contribution in [0.2, 0.25) is 0 Å². The van der Waals surface area contributed by atoms with Gasteiger partial charge in [0.2, 0.25) is 0 Å². The Hall–Kier alpha value is -1.69. The van der Waals surface area contributed by atoms with Crippen LogP contribution in [0.15, 0.2) is 12.3 Å². The molecule has 0 radical (unpaired) electrons. The molecule has 18 heavy (non-hydrogen) atoms. The molecule has 1 aromatic rings. The summed E-state index contributed by atoms with van der Waals surface area (Å²) in [4.78, 5) is 17.7. The molecule has 1 saturated heterocycles. The number of halogens is 1. The van der Waals surface area contributed by atoms with Crippen LogP contribution in [0.5, 0.6) is 0 Å². The first kappa shape index (κ1) is 12.8. The minimum atomic E-state index is -0.751. The van der Waals surface area contributed by atoms with Gasteiger partial charge in [0, 0.05) is 18.8 Å². The Balaban J connectivity index is 2.05. The molecule has 0 aromatic carbocycles. The summed E-state index contributed by atoms with van der Waals surface area (Å²) in [6.45, 7) is 1.82. The highest BCUT2D eigenvalue weighted by atomic mass is 19.1. The van der Waals surface area contributed by atoms with Gasteiger partial charge >= 0.3 is 0 Å². The summed E-state index contributed by atoms with van der Waals surface area (Å²) in [6, 6.07) is 1.40. The van der Waals surface area contributed by atoms with Gasteiger partial charge in [0.05, 0.1) is 5.56 Å². The number of nitrogens with one attached hydrogen (secondary N) is 1. The maximum absolute atomic E-state index is 13.6. The molecular formula is C12H17FN4O. The molecule has 1 fully saturated rings. The van der Waals surface area contributed by atoms with E-state index in [-0.39, 0.29) is 17.4 Å². The zero-order valence-electron chi connectivity index (χ0n) is 10.3. The molecule has 0 aliphatic carbocycles. The summed E-state index contributed by atoms with van der Waals surface area (Å²) in [6.07, 6.45) is 3.28. The van der Waals surface area contributed by atoms with Crippen molar-refractivity contribution in [3.63, 3.8) is 0 Å². The van der Waals surface area contributed by atoms with Gasteiger partial charge in [0.1, 0.15) is 0 Å². The van der Waals surface area contributed by atoms with E-state index in [9.17, 15) is 9.18 Å². The van der Waals surface area contributed by atoms with Crippen LogP contribution in [-0.2, 0) is 0 Å². The van der Waals surface area contributed by atoms with Crippen molar-refractivity contribution in [2.45, 2.75) is 18.9 Å². The van der Waals surface area contributed by atoms with Crippen LogP contribution in [-0.4, -0.2) is 42.0 Å². The number of nitrogens with zero attached hydrogens (tertiary/aromatic N) is 2. The van der Waals surface area contributed by atoms with Crippen molar-refractivity contribution in [1.82, 2.24) is 15.2 Å². The largest absolute Gasteiger partial charge is 0.381 e. The molecule has 0 bridgehead atoms. The molecule has 0 saturated carbocycles. The number of anilines is 1. The number of nitrogens with two attached hydrogens (primary N) is 1. The molecule has 1 aliphatic rings. The van der Waals surface area contributed by atoms with Crippen molar-refractivity contribution in [2.24, 2.45) is 0 Å². The zero-order valence-corrected chi connectivity index (χ0v) is 10.3. The van der Waals surface area contributed by atoms with Crippen LogP contribution in [0.1, 0.15) is 23.2 Å². The number of likely N-dealkylation sites (tertiary alicyclic amines) is 1. The van der Waals surface area contributed by atoms with Gasteiger partial charge in [-0.3, -0.25) is 4.79 Å². The number of hydrogen-bond acceptors (Lipinski definition) is 4. The summed E-state index contributed by atoms with van der Waals surface area (Å²) in [5.41, 5.74) is 5.29. The predicted octanol–water partition coefficient (Wildman–Crippen LogP) is 0.627. The first-order valence-electron chi connectivity index (χ1n) is 5.97. The lowest BCUT2D eigenvalue weighted by atomic mass is 10.1. The van der Waals surface area contributed by atoms with Crippen LogP contribution in [0.25, 0.3) is 0 Å². The molecule has 2 heterocycles. The molecule has 6 heteroatoms. The van der Waals surface area contributed by atoms with E-state index in [1.165, 1.54) is 12.3 Å². The Morgan fingerprint density at radius 1 is 1.67 bits per heavy atom. The highest BCUT2D eigenvalue weighted by molar-refractivity contribution is 5.95. The molecule has 0 spiro atoms. The molecule has 2 rings (SSSR count). The van der Waals surface area contributed by atoms with Crippen LogP contribution in [0.4, 0.5) is 10.2 Å². The molecule has 1 unspecified atom stereocenters. The number of nitrogen functional groups attached to an aromatic ring is 1. The standard InChI is InChI=1S/C12H17FN4O/c1-17-6-2-3-8(7-17)16-12(18)9-4-5-15-11(14)10(9)13/h4-5,8H,2-3,6-7H2,1H3,(H2,14,15)(H,16,18). The number of pyridine rings is 1. The summed E-state index contributed by atoms with van der Waals surface area (Å²) in [5, 5.41) is 2.83. The van der Waals surface area contributed by atoms with E-state index < -0.39 is 11.7 Å². The molecule has 1 aliphatic heterocycles. The van der Waals surface area contributed by atoms with E-state index in [1.807, 2.05) is 7.05 Å². The first-order chi connectivity index (χ1) is 8.58. The lowest BCUT2D eigenvalue weighted by Crippen LogP contribution is -2.46. The highest BCUT2D eigenvalue weighted by Gasteiger charge is 2.21. The second-order valence-corrected chi connectivity index (χ2v) is 4.63. The number of piperidine rings is 1. The Morgan fingerprint density at radius 2 is 2.44 bits per heavy atom. The van der Waals surface area contributed by atoms with Crippen molar-refractivity contribution < 1.29 is 9.18 Å². The smallest absolute Gasteiger partial charge is 0.254 e. The van der Waals surface area contributed by atoms with Crippen LogP contribution < -0.4 is 11.1 Å². The Bertz CT molecular complexity index is 452. The fourth-order valence-electron chi connectivity index (χ4n) is 2.18. The number of hydrogen-bond donors (Lipinski definition) is 2. The molecule has 5 nitrogen and oxygen atoms in total. The second kappa shape index (κ2) is 5.30. The van der Waals surface area contributed by atoms with Crippen molar-refractivity contribution in [3.05, 3.63) is 23.6 Å². The third-order valence-electron chi connectivity index (χ3n) is 3.12. The van der Waals surface area contributed by atoms with Crippen molar-refractivity contribution in [3.8, 4) is 0 Å². The molecule has 98 valence electrons. The number of rotatable bonds is 2. The van der Waals surface area contributed by atoms with Gasteiger partial charge < -0.3 is 16.0 Å². The van der Waals surface area contributed by atoms with E-state index in [1.54, 1.807) is 0 Å². The number of likely N-dealkylation sites (N-methyl/N-ethyl adjacent to an activating group) is 1. The molecule has 1 atom stereocenters. The number of amides is 1. The number of carbonyl (C=O) groups is 1. The average Bonchev–Trinajstić information content (AvgIpc) is 2.32. The van der Waals surface area contributed by atoms with Gasteiger partial charge in [-0.2, -0.15) is 0 Å². The topological polar surface area (TPSA) is 71.2 Å². The number of aromatic nitrogens is 1. The normalized spacial score (nSPS) is 20.7. The lowest BCUT2D eigenvalue weighted by Gasteiger charge is -2.30. The lowest BCUT2D eigenvalue weighted by molar-refractivity contribution is 0.0908. The highest BCUT2D eigenvalue weighted by Crippen LogP contribution is 2.13. The Labute approximate surface area is 105 Å². The Kier molecular flexibility index (Phi) is 3.76. The van der Waals surface area contributed by atoms with E-state index in [0.717, 1.165) is 25.9 Å². The SMILES string of the molecule is CN1CCCC(NC(=O)c2ccnc(N)c2F)C1. The maximum atomic E-state index is 13.6. The van der Waals surface area contributed by atoms with E-state index >= 15 is 0 Å². The third kappa shape index (κ3) is 2.76. The molecule has 3 N–H and O–H groups in total. The summed E-state index contributed by atoms with van der Waals surface area (Å²) in [5.74, 6) is -1.43. The van der Waals surface area contributed by atoms with E-state index in [0.29, 0.717) is 0 Å². The van der Waals surface area contributed by atoms with Crippen LogP contribution in [0, 0.1) is 5.82 Å². The molecule has 1 aromatic heterocycles. The fraction of sp³-hybridized carbons (Fsp3) is 0.500. The maximum Gasteiger partial charge on any atom is 0.254 e. The minimum absolute atomic E-state index is 0.0456. The summed E-state index contributed by atoms with van der Waals surface area (Å²) >= 11 is 0. The van der Waals surface area contributed by atoms with E-state index in [4.69, 9.17) is 5.73 Å². The third-order valence-corrected chi connectivity index (χ3v) is 3.12. The van der Waals surface area contributed by atoms with Gasteiger partial charge in [0.15, 0.2) is 11.6 Å². The van der Waals surface area contributed by atoms with Gasteiger partial charge in [-0.1, -0.05) is 0 Å². The van der Waals surface area contributed by atoms with E-state index in [2.05, 4.69) is 15.2 Å². The average molecular weight is 252 g/mol. The first-order valence-corrected chi connectivity index (χ1v) is 5.97. The van der Waals surface area contributed by atoms with Crippen molar-refractivity contribution in [2.75, 3.05) is 25.9 Å². The van der Waals surface area contributed by atoms with Crippen molar-refractivity contribution in [1.29, 1.82) is 0 Å². The van der Waals surface area contributed by atoms with Gasteiger partial charge in [-0.15, -0.1) is 0 Å². The predicted molar refractivity (Wildman–Crippen MR) is 66.6 cm³/mol. The van der Waals surface area contributed by atoms with Gasteiger partial charge in [0.25, 0.3) is 5.91 Å². The fourth-order valence-corrected chi connectivity index (χ4v) is 2.18. The number of carbonyl (C=O) groups excluding carboxylic acids is 1. The summed E-state index contributed by atoms with van der Waals surface area (Å²) in [7, 11) is 2.00. The van der Waals surface area contributed by atoms with Gasteiger partial charge in [-0.05, 0) is 32.5 Å². The monoisotopic (exact) mass is 252 g/mol. The van der Waals surface area contributed by atoms with Crippen LogP contribution in [0.3, 0.4) is 0 Å². The van der Waals surface area contributed by atoms with Crippen molar-refractivity contribution >= 4 is 11.7 Å². The minimum Gasteiger partial charge on any atom is -0.381 e.